The van der Waals surface area contributed by atoms with Crippen molar-refractivity contribution in [1.29, 1.82) is 0 Å². The average Bonchev–Trinajstić information content (AvgIpc) is 3.41. The van der Waals surface area contributed by atoms with Gasteiger partial charge in [-0.1, -0.05) is 47.1 Å². The number of esters is 1. The minimum Gasteiger partial charge on any atom is -0.465 e. The molecular weight excluding hydrogens is 518 g/mol. The molecule has 10 nitrogen and oxygen atoms in total. The summed E-state index contributed by atoms with van der Waals surface area (Å²) in [5, 5.41) is 13.5. The van der Waals surface area contributed by atoms with Gasteiger partial charge < -0.3 is 14.8 Å². The van der Waals surface area contributed by atoms with E-state index in [1.807, 2.05) is 60.8 Å². The summed E-state index contributed by atoms with van der Waals surface area (Å²) in [4.78, 5) is 25.6. The lowest BCUT2D eigenvalue weighted by molar-refractivity contribution is 0.0599. The Bertz CT molecular complexity index is 1610. The lowest BCUT2D eigenvalue weighted by atomic mass is 10.0. The number of carbonyl (C=O) groups is 1. The molecule has 198 valence electrons. The van der Waals surface area contributed by atoms with Crippen molar-refractivity contribution in [1.82, 2.24) is 29.9 Å². The Hall–Kier alpha value is -4.57. The second-order valence-corrected chi connectivity index (χ2v) is 9.17. The molecule has 0 aliphatic rings. The molecule has 0 unspecified atom stereocenters. The topological polar surface area (TPSA) is 117 Å². The van der Waals surface area contributed by atoms with E-state index >= 15 is 0 Å². The van der Waals surface area contributed by atoms with Gasteiger partial charge in [-0.25, -0.2) is 4.79 Å². The minimum absolute atomic E-state index is 0.134. The van der Waals surface area contributed by atoms with Crippen LogP contribution in [0, 0.1) is 6.92 Å². The van der Waals surface area contributed by atoms with Crippen LogP contribution in [0.25, 0.3) is 22.2 Å². The number of anilines is 1. The first-order valence-corrected chi connectivity index (χ1v) is 12.7. The van der Waals surface area contributed by atoms with Crippen LogP contribution in [0.1, 0.15) is 28.2 Å². The summed E-state index contributed by atoms with van der Waals surface area (Å²) >= 11 is 6.08. The van der Waals surface area contributed by atoms with Crippen LogP contribution in [0.2, 0.25) is 5.02 Å². The van der Waals surface area contributed by atoms with E-state index in [2.05, 4.69) is 30.6 Å². The highest BCUT2D eigenvalue weighted by Gasteiger charge is 2.21. The third-order valence-electron chi connectivity index (χ3n) is 6.03. The van der Waals surface area contributed by atoms with Gasteiger partial charge in [0.1, 0.15) is 17.9 Å². The van der Waals surface area contributed by atoms with E-state index in [9.17, 15) is 4.79 Å². The summed E-state index contributed by atoms with van der Waals surface area (Å²) in [6.45, 7) is 3.28. The number of hydrogen-bond acceptors (Lipinski definition) is 9. The van der Waals surface area contributed by atoms with Crippen molar-refractivity contribution >= 4 is 34.2 Å². The van der Waals surface area contributed by atoms with Crippen LogP contribution in [0.15, 0.2) is 67.0 Å². The van der Waals surface area contributed by atoms with Crippen molar-refractivity contribution in [2.24, 2.45) is 0 Å². The van der Waals surface area contributed by atoms with E-state index < -0.39 is 5.97 Å². The smallest absolute Gasteiger partial charge is 0.341 e. The van der Waals surface area contributed by atoms with Crippen molar-refractivity contribution in [3.63, 3.8) is 0 Å². The Morgan fingerprint density at radius 2 is 1.95 bits per heavy atom. The van der Waals surface area contributed by atoms with E-state index in [1.165, 1.54) is 7.11 Å². The van der Waals surface area contributed by atoms with Gasteiger partial charge in [-0.15, -0.1) is 5.10 Å². The average molecular weight is 544 g/mol. The fourth-order valence-corrected chi connectivity index (χ4v) is 4.32. The standard InChI is InChI=1S/C28H26ClN7O3/c1-18-25(27(37)38-2)26(19-7-4-3-5-8-19)33-28(32-18)39-17-21-16-36(35-34-21)14-6-12-30-23-11-13-31-24-15-20(29)9-10-22(23)24/h3-5,7-11,13,15-16H,6,12,14,17H2,1-2H3,(H,30,31). The van der Waals surface area contributed by atoms with Gasteiger partial charge in [0.05, 0.1) is 30.2 Å². The number of rotatable bonds is 10. The number of carbonyl (C=O) groups excluding carboxylic acids is 1. The fourth-order valence-electron chi connectivity index (χ4n) is 4.16. The highest BCUT2D eigenvalue weighted by Crippen LogP contribution is 2.27. The zero-order valence-electron chi connectivity index (χ0n) is 21.5. The van der Waals surface area contributed by atoms with Crippen LogP contribution in [0.3, 0.4) is 0 Å². The molecule has 0 atom stereocenters. The molecule has 5 rings (SSSR count). The molecule has 0 saturated carbocycles. The molecule has 0 aliphatic heterocycles. The molecular formula is C28H26ClN7O3. The molecule has 0 amide bonds. The number of ether oxygens (including phenoxy) is 2. The highest BCUT2D eigenvalue weighted by molar-refractivity contribution is 6.31. The SMILES string of the molecule is COC(=O)c1c(C)nc(OCc2cn(CCCNc3ccnc4cc(Cl)ccc34)nn2)nc1-c1ccccc1. The number of fused-ring (bicyclic) bond motifs is 1. The van der Waals surface area contributed by atoms with Crippen LogP contribution in [-0.4, -0.2) is 49.6 Å². The number of methoxy groups -OCH3 is 1. The molecule has 5 aromatic rings. The zero-order valence-corrected chi connectivity index (χ0v) is 22.2. The predicted molar refractivity (Wildman–Crippen MR) is 148 cm³/mol. The zero-order chi connectivity index (χ0) is 27.2. The maximum absolute atomic E-state index is 12.4. The molecule has 39 heavy (non-hydrogen) atoms. The van der Waals surface area contributed by atoms with Gasteiger partial charge in [-0.2, -0.15) is 9.97 Å². The lowest BCUT2D eigenvalue weighted by Crippen LogP contribution is -2.11. The first-order chi connectivity index (χ1) is 19.0. The van der Waals surface area contributed by atoms with Crippen LogP contribution in [0.5, 0.6) is 6.01 Å². The monoisotopic (exact) mass is 543 g/mol. The maximum atomic E-state index is 12.4. The number of nitrogens with one attached hydrogen (secondary N) is 1. The summed E-state index contributed by atoms with van der Waals surface area (Å²) in [5.41, 5.74) is 4.48. The van der Waals surface area contributed by atoms with Gasteiger partial charge in [0, 0.05) is 40.9 Å². The van der Waals surface area contributed by atoms with Crippen molar-refractivity contribution in [2.45, 2.75) is 26.5 Å². The molecule has 0 fully saturated rings. The number of hydrogen-bond donors (Lipinski definition) is 1. The first-order valence-electron chi connectivity index (χ1n) is 12.3. The molecule has 1 N–H and O–H groups in total. The Kier molecular flexibility index (Phi) is 7.93. The van der Waals surface area contributed by atoms with Gasteiger partial charge in [0.2, 0.25) is 0 Å². The number of aryl methyl sites for hydroxylation is 2. The van der Waals surface area contributed by atoms with E-state index in [1.54, 1.807) is 17.8 Å². The molecule has 0 bridgehead atoms. The predicted octanol–water partition coefficient (Wildman–Crippen LogP) is 5.11. The maximum Gasteiger partial charge on any atom is 0.341 e. The van der Waals surface area contributed by atoms with E-state index in [4.69, 9.17) is 21.1 Å². The summed E-state index contributed by atoms with van der Waals surface area (Å²) in [6, 6.07) is 17.1. The molecule has 3 heterocycles. The van der Waals surface area contributed by atoms with Gasteiger partial charge in [0.25, 0.3) is 0 Å². The Morgan fingerprint density at radius 1 is 1.10 bits per heavy atom. The number of pyridine rings is 1. The quantitative estimate of drug-likeness (QED) is 0.189. The summed E-state index contributed by atoms with van der Waals surface area (Å²) in [7, 11) is 1.33. The van der Waals surface area contributed by atoms with Gasteiger partial charge in [-0.3, -0.25) is 9.67 Å². The van der Waals surface area contributed by atoms with Gasteiger partial charge in [-0.05, 0) is 37.6 Å². The van der Waals surface area contributed by atoms with Crippen molar-refractivity contribution in [3.8, 4) is 17.3 Å². The van der Waals surface area contributed by atoms with Crippen molar-refractivity contribution < 1.29 is 14.3 Å². The molecule has 0 saturated heterocycles. The second-order valence-electron chi connectivity index (χ2n) is 8.73. The molecule has 2 aromatic carbocycles. The number of halogens is 1. The Balaban J connectivity index is 1.19. The Morgan fingerprint density at radius 3 is 2.77 bits per heavy atom. The van der Waals surface area contributed by atoms with E-state index in [0.717, 1.165) is 35.1 Å². The van der Waals surface area contributed by atoms with Crippen molar-refractivity contribution in [2.75, 3.05) is 19.0 Å². The summed E-state index contributed by atoms with van der Waals surface area (Å²) in [5.74, 6) is -0.503. The van der Waals surface area contributed by atoms with Crippen LogP contribution >= 0.6 is 11.6 Å². The third-order valence-corrected chi connectivity index (χ3v) is 6.26. The lowest BCUT2D eigenvalue weighted by Gasteiger charge is -2.12. The van der Waals surface area contributed by atoms with Gasteiger partial charge >= 0.3 is 12.0 Å². The number of aromatic nitrogens is 6. The normalized spacial score (nSPS) is 10.9. The van der Waals surface area contributed by atoms with Crippen LogP contribution < -0.4 is 10.1 Å². The molecule has 0 aliphatic carbocycles. The van der Waals surface area contributed by atoms with Crippen LogP contribution in [-0.2, 0) is 17.9 Å². The summed E-state index contributed by atoms with van der Waals surface area (Å²) in [6.07, 6.45) is 4.43. The summed E-state index contributed by atoms with van der Waals surface area (Å²) < 4.78 is 12.5. The largest absolute Gasteiger partial charge is 0.465 e. The number of benzene rings is 2. The van der Waals surface area contributed by atoms with Gasteiger partial charge in [0.15, 0.2) is 0 Å². The number of nitrogens with zero attached hydrogens (tertiary/aromatic N) is 6. The second kappa shape index (κ2) is 11.9. The molecule has 3 aromatic heterocycles. The Labute approximate surface area is 230 Å². The molecule has 0 spiro atoms. The van der Waals surface area contributed by atoms with Crippen LogP contribution in [0.4, 0.5) is 5.69 Å². The fraction of sp³-hybridized carbons (Fsp3) is 0.214. The van der Waals surface area contributed by atoms with E-state index in [-0.39, 0.29) is 12.6 Å². The minimum atomic E-state index is -0.503. The molecule has 0 radical (unpaired) electrons. The third kappa shape index (κ3) is 6.12. The highest BCUT2D eigenvalue weighted by atomic mass is 35.5. The van der Waals surface area contributed by atoms with Crippen molar-refractivity contribution in [3.05, 3.63) is 89.0 Å². The molecule has 11 heteroatoms. The van der Waals surface area contributed by atoms with E-state index in [0.29, 0.717) is 34.2 Å². The first kappa shape index (κ1) is 26.1.